The third-order valence-electron chi connectivity index (χ3n) is 6.07. The maximum atomic E-state index is 11.9. The van der Waals surface area contributed by atoms with E-state index in [1.165, 1.54) is 0 Å². The van der Waals surface area contributed by atoms with E-state index in [0.29, 0.717) is 18.4 Å². The summed E-state index contributed by atoms with van der Waals surface area (Å²) in [5, 5.41) is 21.2. The fourth-order valence-corrected chi connectivity index (χ4v) is 5.24. The van der Waals surface area contributed by atoms with E-state index < -0.39 is 46.3 Å². The van der Waals surface area contributed by atoms with Crippen LogP contribution in [0.25, 0.3) is 0 Å². The van der Waals surface area contributed by atoms with Crippen LogP contribution in [0.2, 0.25) is 0 Å². The number of hydrogen-bond acceptors (Lipinski definition) is 5. The van der Waals surface area contributed by atoms with Crippen LogP contribution in [0.15, 0.2) is 12.2 Å². The molecule has 4 rings (SSSR count). The van der Waals surface area contributed by atoms with Gasteiger partial charge in [0, 0.05) is 11.5 Å². The van der Waals surface area contributed by atoms with E-state index in [-0.39, 0.29) is 5.92 Å². The molecule has 0 aromatic heterocycles. The van der Waals surface area contributed by atoms with Crippen molar-refractivity contribution in [1.29, 1.82) is 0 Å². The number of hydrogen-bond donors (Lipinski definition) is 2. The van der Waals surface area contributed by atoms with Gasteiger partial charge in [-0.3, -0.25) is 0 Å². The molecule has 116 valence electrons. The number of alkyl halides is 1. The Labute approximate surface area is 127 Å². The van der Waals surface area contributed by atoms with Crippen LogP contribution in [-0.4, -0.2) is 50.6 Å². The van der Waals surface area contributed by atoms with Gasteiger partial charge in [0.15, 0.2) is 0 Å². The second-order valence-corrected chi connectivity index (χ2v) is 7.72. The Kier molecular flexibility index (Phi) is 2.43. The van der Waals surface area contributed by atoms with Gasteiger partial charge in [-0.25, -0.2) is 4.79 Å². The Balaban J connectivity index is 1.87. The van der Waals surface area contributed by atoms with Crippen LogP contribution in [0, 0.1) is 11.8 Å². The molecule has 2 N–H and O–H groups in total. The fourth-order valence-electron chi connectivity index (χ4n) is 4.86. The molecule has 2 heterocycles. The first kappa shape index (κ1) is 14.0. The summed E-state index contributed by atoms with van der Waals surface area (Å²) in [6, 6.07) is 0. The van der Waals surface area contributed by atoms with E-state index in [4.69, 9.17) is 21.1 Å². The summed E-state index contributed by atoms with van der Waals surface area (Å²) in [4.78, 5) is 11.9. The van der Waals surface area contributed by atoms with Crippen LogP contribution >= 0.6 is 11.6 Å². The molecule has 0 aromatic carbocycles. The lowest BCUT2D eigenvalue weighted by molar-refractivity contribution is -0.159. The zero-order valence-corrected chi connectivity index (χ0v) is 12.8. The van der Waals surface area contributed by atoms with E-state index in [2.05, 4.69) is 6.58 Å². The standard InChI is InChI=1S/C15H19ClO5/c1-6-7-4-5-13(2,18)15-9(8(7)20-12(6)17)14(3,19)10(16)11(15)21-15/h7-11,18-19H,1,4-5H2,2-3H3/t7-,8-,9-,10-,11-,13-,14+,15+/m0/s1. The molecule has 0 aromatic rings. The Hall–Kier alpha value is -0.620. The second kappa shape index (κ2) is 3.65. The number of esters is 1. The van der Waals surface area contributed by atoms with Crippen molar-refractivity contribution in [3.8, 4) is 0 Å². The van der Waals surface area contributed by atoms with Crippen molar-refractivity contribution >= 4 is 17.6 Å². The van der Waals surface area contributed by atoms with Gasteiger partial charge in [-0.1, -0.05) is 6.58 Å². The van der Waals surface area contributed by atoms with Crippen LogP contribution in [0.1, 0.15) is 26.7 Å². The smallest absolute Gasteiger partial charge is 0.334 e. The van der Waals surface area contributed by atoms with E-state index in [1.807, 2.05) is 0 Å². The number of carbonyl (C=O) groups excluding carboxylic acids is 1. The Morgan fingerprint density at radius 2 is 2.05 bits per heavy atom. The molecule has 2 saturated carbocycles. The minimum absolute atomic E-state index is 0.202. The predicted molar refractivity (Wildman–Crippen MR) is 73.7 cm³/mol. The zero-order valence-electron chi connectivity index (χ0n) is 12.0. The predicted octanol–water partition coefficient (Wildman–Crippen LogP) is 0.755. The van der Waals surface area contributed by atoms with Crippen molar-refractivity contribution in [2.75, 3.05) is 0 Å². The van der Waals surface area contributed by atoms with E-state index >= 15 is 0 Å². The highest BCUT2D eigenvalue weighted by Gasteiger charge is 2.85. The molecule has 2 saturated heterocycles. The van der Waals surface area contributed by atoms with E-state index in [0.717, 1.165) is 0 Å². The maximum Gasteiger partial charge on any atom is 0.334 e. The molecule has 5 nitrogen and oxygen atoms in total. The molecule has 2 aliphatic heterocycles. The zero-order chi connectivity index (χ0) is 15.4. The van der Waals surface area contributed by atoms with Crippen LogP contribution in [0.5, 0.6) is 0 Å². The molecule has 0 unspecified atom stereocenters. The van der Waals surface area contributed by atoms with Crippen LogP contribution < -0.4 is 0 Å². The summed E-state index contributed by atoms with van der Waals surface area (Å²) in [6.07, 6.45) is 0.0825. The second-order valence-electron chi connectivity index (χ2n) is 7.25. The van der Waals surface area contributed by atoms with Crippen molar-refractivity contribution in [2.24, 2.45) is 11.8 Å². The van der Waals surface area contributed by atoms with Gasteiger partial charge >= 0.3 is 5.97 Å². The largest absolute Gasteiger partial charge is 0.458 e. The van der Waals surface area contributed by atoms with Crippen LogP contribution in [0.3, 0.4) is 0 Å². The number of ether oxygens (including phenoxy) is 2. The topological polar surface area (TPSA) is 79.3 Å². The number of aliphatic hydroxyl groups is 2. The number of epoxide rings is 1. The fraction of sp³-hybridized carbons (Fsp3) is 0.800. The summed E-state index contributed by atoms with van der Waals surface area (Å²) in [7, 11) is 0. The van der Waals surface area contributed by atoms with Crippen LogP contribution in [0.4, 0.5) is 0 Å². The Morgan fingerprint density at radius 3 is 2.71 bits per heavy atom. The molecule has 0 bridgehead atoms. The van der Waals surface area contributed by atoms with Crippen molar-refractivity contribution < 1.29 is 24.5 Å². The van der Waals surface area contributed by atoms with E-state index in [9.17, 15) is 15.0 Å². The van der Waals surface area contributed by atoms with Gasteiger partial charge in [0.25, 0.3) is 0 Å². The third-order valence-corrected chi connectivity index (χ3v) is 6.74. The molecular formula is C15H19ClO5. The van der Waals surface area contributed by atoms with Crippen LogP contribution in [-0.2, 0) is 14.3 Å². The average molecular weight is 315 g/mol. The molecule has 4 aliphatic rings. The normalized spacial score (nSPS) is 61.7. The van der Waals surface area contributed by atoms with Crippen molar-refractivity contribution in [2.45, 2.75) is 61.1 Å². The molecule has 6 heteroatoms. The molecule has 1 spiro atoms. The summed E-state index contributed by atoms with van der Waals surface area (Å²) in [5.74, 6) is -1.18. The Morgan fingerprint density at radius 1 is 1.38 bits per heavy atom. The SMILES string of the molecule is C=C1C(=O)O[C@H]2[C@H]1CC[C@](C)(O)[C@]13O[C@H]1[C@H](Cl)[C@](C)(O)[C@H]23. The highest BCUT2D eigenvalue weighted by molar-refractivity contribution is 6.22. The summed E-state index contributed by atoms with van der Waals surface area (Å²) >= 11 is 6.36. The van der Waals surface area contributed by atoms with E-state index in [1.54, 1.807) is 13.8 Å². The first-order valence-corrected chi connectivity index (χ1v) is 7.74. The lowest BCUT2D eigenvalue weighted by atomic mass is 9.73. The summed E-state index contributed by atoms with van der Waals surface area (Å²) in [6.45, 7) is 7.17. The van der Waals surface area contributed by atoms with Crippen molar-refractivity contribution in [1.82, 2.24) is 0 Å². The molecule has 4 fully saturated rings. The third kappa shape index (κ3) is 1.37. The highest BCUT2D eigenvalue weighted by Crippen LogP contribution is 2.69. The lowest BCUT2D eigenvalue weighted by Gasteiger charge is -2.40. The molecule has 8 atom stereocenters. The summed E-state index contributed by atoms with van der Waals surface area (Å²) in [5.41, 5.74) is -2.91. The number of rotatable bonds is 0. The Bertz CT molecular complexity index is 556. The first-order chi connectivity index (χ1) is 9.64. The van der Waals surface area contributed by atoms with Crippen molar-refractivity contribution in [3.63, 3.8) is 0 Å². The maximum absolute atomic E-state index is 11.9. The summed E-state index contributed by atoms with van der Waals surface area (Å²) < 4.78 is 11.3. The minimum atomic E-state index is -1.27. The van der Waals surface area contributed by atoms with Gasteiger partial charge in [0.1, 0.15) is 17.8 Å². The van der Waals surface area contributed by atoms with Gasteiger partial charge in [0.05, 0.1) is 22.5 Å². The van der Waals surface area contributed by atoms with Gasteiger partial charge in [-0.05, 0) is 26.7 Å². The number of fused-ring (bicyclic) bond motifs is 2. The molecule has 21 heavy (non-hydrogen) atoms. The van der Waals surface area contributed by atoms with Gasteiger partial charge in [0.2, 0.25) is 0 Å². The van der Waals surface area contributed by atoms with Gasteiger partial charge in [-0.2, -0.15) is 0 Å². The average Bonchev–Trinajstić information content (AvgIpc) is 3.03. The lowest BCUT2D eigenvalue weighted by Crippen LogP contribution is -2.56. The van der Waals surface area contributed by atoms with Crippen molar-refractivity contribution in [3.05, 3.63) is 12.2 Å². The molecule has 0 radical (unpaired) electrons. The monoisotopic (exact) mass is 314 g/mol. The van der Waals surface area contributed by atoms with Gasteiger partial charge < -0.3 is 19.7 Å². The minimum Gasteiger partial charge on any atom is -0.458 e. The molecule has 0 amide bonds. The quantitative estimate of drug-likeness (QED) is 0.299. The number of halogens is 1. The number of carbonyl (C=O) groups is 1. The molecule has 2 aliphatic carbocycles. The van der Waals surface area contributed by atoms with Gasteiger partial charge in [-0.15, -0.1) is 11.6 Å². The highest BCUT2D eigenvalue weighted by atomic mass is 35.5. The molecular weight excluding hydrogens is 296 g/mol. The first-order valence-electron chi connectivity index (χ1n) is 7.31.